The molecule has 2 aromatic rings. The molecule has 0 aliphatic carbocycles. The Bertz CT molecular complexity index is 476. The largest absolute Gasteiger partial charge is 0.327 e. The maximum atomic E-state index is 6.13. The van der Waals surface area contributed by atoms with Gasteiger partial charge in [0.15, 0.2) is 0 Å². The van der Waals surface area contributed by atoms with E-state index in [1.165, 1.54) is 16.0 Å². The number of aryl methyl sites for hydroxylation is 1. The third kappa shape index (κ3) is 3.37. The lowest BCUT2D eigenvalue weighted by Crippen LogP contribution is -2.22. The van der Waals surface area contributed by atoms with Crippen molar-refractivity contribution in [3.8, 4) is 0 Å². The Labute approximate surface area is 113 Å². The summed E-state index contributed by atoms with van der Waals surface area (Å²) in [5.74, 6) is 0. The minimum atomic E-state index is 0.123. The third-order valence-electron chi connectivity index (χ3n) is 2.89. The Morgan fingerprint density at radius 2 is 1.56 bits per heavy atom. The average Bonchev–Trinajstić information content (AvgIpc) is 2.38. The van der Waals surface area contributed by atoms with E-state index in [-0.39, 0.29) is 6.04 Å². The van der Waals surface area contributed by atoms with Crippen LogP contribution in [0.3, 0.4) is 0 Å². The highest BCUT2D eigenvalue weighted by Gasteiger charge is 2.17. The van der Waals surface area contributed by atoms with Gasteiger partial charge in [0.1, 0.15) is 0 Å². The van der Waals surface area contributed by atoms with Crippen molar-refractivity contribution in [1.29, 1.82) is 0 Å². The quantitative estimate of drug-likeness (QED) is 0.832. The Kier molecular flexibility index (Phi) is 4.45. The fraction of sp³-hybridized carbons (Fsp3) is 0.250. The topological polar surface area (TPSA) is 26.0 Å². The summed E-state index contributed by atoms with van der Waals surface area (Å²) in [5, 5.41) is 0.299. The summed E-state index contributed by atoms with van der Waals surface area (Å²) in [5.41, 5.74) is 8.71. The molecule has 0 heterocycles. The fourth-order valence-electron chi connectivity index (χ4n) is 1.88. The van der Waals surface area contributed by atoms with Crippen LogP contribution in [0.15, 0.2) is 59.5 Å². The van der Waals surface area contributed by atoms with E-state index < -0.39 is 0 Å². The van der Waals surface area contributed by atoms with Gasteiger partial charge in [0.25, 0.3) is 0 Å². The number of hydrogen-bond acceptors (Lipinski definition) is 2. The molecule has 2 atom stereocenters. The van der Waals surface area contributed by atoms with Crippen LogP contribution in [0.25, 0.3) is 0 Å². The molecular weight excluding hydrogens is 238 g/mol. The van der Waals surface area contributed by atoms with Crippen molar-refractivity contribution in [3.63, 3.8) is 0 Å². The first-order valence-corrected chi connectivity index (χ1v) is 7.08. The van der Waals surface area contributed by atoms with E-state index >= 15 is 0 Å². The van der Waals surface area contributed by atoms with Gasteiger partial charge in [-0.15, -0.1) is 11.8 Å². The molecule has 2 unspecified atom stereocenters. The first kappa shape index (κ1) is 13.2. The van der Waals surface area contributed by atoms with Gasteiger partial charge in [-0.3, -0.25) is 0 Å². The standard InChI is InChI=1S/C16H19NS/c1-12-8-10-14(11-9-12)16(13(2)17)18-15-6-4-3-5-7-15/h3-11,13,16H,17H2,1-2H3. The second-order valence-corrected chi connectivity index (χ2v) is 5.84. The van der Waals surface area contributed by atoms with E-state index in [1.54, 1.807) is 0 Å². The summed E-state index contributed by atoms with van der Waals surface area (Å²) in [4.78, 5) is 1.26. The van der Waals surface area contributed by atoms with Gasteiger partial charge in [0, 0.05) is 16.2 Å². The van der Waals surface area contributed by atoms with Crippen molar-refractivity contribution >= 4 is 11.8 Å². The smallest absolute Gasteiger partial charge is 0.0492 e. The van der Waals surface area contributed by atoms with E-state index in [9.17, 15) is 0 Å². The molecule has 2 heteroatoms. The summed E-state index contributed by atoms with van der Waals surface area (Å²) in [6.07, 6.45) is 0. The van der Waals surface area contributed by atoms with Crippen molar-refractivity contribution in [2.24, 2.45) is 5.73 Å². The highest BCUT2D eigenvalue weighted by molar-refractivity contribution is 7.99. The van der Waals surface area contributed by atoms with Gasteiger partial charge in [-0.2, -0.15) is 0 Å². The van der Waals surface area contributed by atoms with Gasteiger partial charge in [-0.25, -0.2) is 0 Å². The molecule has 0 amide bonds. The number of thioether (sulfide) groups is 1. The molecule has 1 nitrogen and oxygen atoms in total. The second kappa shape index (κ2) is 6.07. The van der Waals surface area contributed by atoms with Crippen LogP contribution in [0.2, 0.25) is 0 Å². The first-order chi connectivity index (χ1) is 8.66. The van der Waals surface area contributed by atoms with Crippen molar-refractivity contribution in [2.75, 3.05) is 0 Å². The summed E-state index contributed by atoms with van der Waals surface area (Å²) in [7, 11) is 0. The predicted octanol–water partition coefficient (Wildman–Crippen LogP) is 4.18. The highest BCUT2D eigenvalue weighted by Crippen LogP contribution is 2.36. The summed E-state index contributed by atoms with van der Waals surface area (Å²) >= 11 is 1.83. The lowest BCUT2D eigenvalue weighted by atomic mass is 10.1. The van der Waals surface area contributed by atoms with Gasteiger partial charge >= 0.3 is 0 Å². The molecule has 0 bridgehead atoms. The number of nitrogens with two attached hydrogens (primary N) is 1. The van der Waals surface area contributed by atoms with E-state index in [0.29, 0.717) is 5.25 Å². The zero-order valence-electron chi connectivity index (χ0n) is 10.8. The average molecular weight is 257 g/mol. The predicted molar refractivity (Wildman–Crippen MR) is 79.9 cm³/mol. The molecule has 2 rings (SSSR count). The molecule has 0 aliphatic heterocycles. The van der Waals surface area contributed by atoms with Crippen molar-refractivity contribution in [3.05, 3.63) is 65.7 Å². The lowest BCUT2D eigenvalue weighted by Gasteiger charge is -2.21. The van der Waals surface area contributed by atoms with Gasteiger partial charge in [0.05, 0.1) is 0 Å². The van der Waals surface area contributed by atoms with Crippen molar-refractivity contribution in [2.45, 2.75) is 30.0 Å². The van der Waals surface area contributed by atoms with Gasteiger partial charge in [-0.05, 0) is 31.5 Å². The maximum absolute atomic E-state index is 6.13. The van der Waals surface area contributed by atoms with Crippen LogP contribution in [0.1, 0.15) is 23.3 Å². The molecule has 2 N–H and O–H groups in total. The first-order valence-electron chi connectivity index (χ1n) is 6.20. The van der Waals surface area contributed by atoms with Crippen LogP contribution in [0.4, 0.5) is 0 Å². The lowest BCUT2D eigenvalue weighted by molar-refractivity contribution is 0.721. The van der Waals surface area contributed by atoms with E-state index in [4.69, 9.17) is 5.73 Å². The Morgan fingerprint density at radius 1 is 0.944 bits per heavy atom. The van der Waals surface area contributed by atoms with E-state index in [1.807, 2.05) is 17.8 Å². The van der Waals surface area contributed by atoms with Gasteiger partial charge in [-0.1, -0.05) is 48.0 Å². The monoisotopic (exact) mass is 257 g/mol. The van der Waals surface area contributed by atoms with Crippen LogP contribution >= 0.6 is 11.8 Å². The number of rotatable bonds is 4. The molecular formula is C16H19NS. The molecule has 0 spiro atoms. The minimum absolute atomic E-state index is 0.123. The molecule has 94 valence electrons. The second-order valence-electron chi connectivity index (χ2n) is 4.62. The Hall–Kier alpha value is -1.25. The van der Waals surface area contributed by atoms with Crippen molar-refractivity contribution < 1.29 is 0 Å². The van der Waals surface area contributed by atoms with Crippen LogP contribution in [-0.4, -0.2) is 6.04 Å². The fourth-order valence-corrected chi connectivity index (χ4v) is 3.00. The molecule has 0 saturated heterocycles. The maximum Gasteiger partial charge on any atom is 0.0492 e. The van der Waals surface area contributed by atoms with E-state index in [0.717, 1.165) is 0 Å². The molecule has 0 fully saturated rings. The normalized spacial score (nSPS) is 14.2. The van der Waals surface area contributed by atoms with Crippen LogP contribution < -0.4 is 5.73 Å². The van der Waals surface area contributed by atoms with Crippen LogP contribution in [-0.2, 0) is 0 Å². The van der Waals surface area contributed by atoms with Gasteiger partial charge < -0.3 is 5.73 Å². The SMILES string of the molecule is Cc1ccc(C(Sc2ccccc2)C(C)N)cc1. The molecule has 0 aliphatic rings. The summed E-state index contributed by atoms with van der Waals surface area (Å²) < 4.78 is 0. The summed E-state index contributed by atoms with van der Waals surface area (Å²) in [6, 6.07) is 19.2. The molecule has 18 heavy (non-hydrogen) atoms. The summed E-state index contributed by atoms with van der Waals surface area (Å²) in [6.45, 7) is 4.18. The Balaban J connectivity index is 2.21. The zero-order chi connectivity index (χ0) is 13.0. The minimum Gasteiger partial charge on any atom is -0.327 e. The molecule has 0 aromatic heterocycles. The van der Waals surface area contributed by atoms with Crippen LogP contribution in [0.5, 0.6) is 0 Å². The molecule has 0 radical (unpaired) electrons. The van der Waals surface area contributed by atoms with Gasteiger partial charge in [0.2, 0.25) is 0 Å². The molecule has 0 saturated carbocycles. The van der Waals surface area contributed by atoms with Crippen molar-refractivity contribution in [1.82, 2.24) is 0 Å². The molecule has 2 aromatic carbocycles. The third-order valence-corrected chi connectivity index (χ3v) is 4.39. The number of benzene rings is 2. The van der Waals surface area contributed by atoms with Crippen LogP contribution in [0, 0.1) is 6.92 Å². The highest BCUT2D eigenvalue weighted by atomic mass is 32.2. The number of hydrogen-bond donors (Lipinski definition) is 1. The zero-order valence-corrected chi connectivity index (χ0v) is 11.7. The van der Waals surface area contributed by atoms with E-state index in [2.05, 4.69) is 62.4 Å². The Morgan fingerprint density at radius 3 is 2.11 bits per heavy atom.